The van der Waals surface area contributed by atoms with Crippen LogP contribution in [0.25, 0.3) is 6.08 Å². The second-order valence-corrected chi connectivity index (χ2v) is 6.72. The van der Waals surface area contributed by atoms with Crippen LogP contribution in [0.1, 0.15) is 12.5 Å². The number of rotatable bonds is 4. The van der Waals surface area contributed by atoms with Crippen LogP contribution in [0.15, 0.2) is 63.7 Å². The van der Waals surface area contributed by atoms with E-state index in [1.54, 1.807) is 11.0 Å². The number of carbonyl (C=O) groups is 1. The van der Waals surface area contributed by atoms with Gasteiger partial charge >= 0.3 is 157 Å². The normalized spacial score (nSPS) is 15.8. The van der Waals surface area contributed by atoms with E-state index in [9.17, 15) is 4.79 Å². The molecular weight excluding hydrogens is 435 g/mol. The van der Waals surface area contributed by atoms with Gasteiger partial charge in [-0.15, -0.1) is 0 Å². The summed E-state index contributed by atoms with van der Waals surface area (Å²) in [6, 6.07) is 15.1. The van der Waals surface area contributed by atoms with Crippen molar-refractivity contribution in [1.29, 1.82) is 0 Å². The van der Waals surface area contributed by atoms with Crippen molar-refractivity contribution in [3.8, 4) is 5.75 Å². The number of halogens is 1. The third-order valence-corrected chi connectivity index (χ3v) is 4.51. The van der Waals surface area contributed by atoms with Gasteiger partial charge in [0, 0.05) is 0 Å². The first-order valence-corrected chi connectivity index (χ1v) is 9.03. The van der Waals surface area contributed by atoms with Gasteiger partial charge in [-0.25, -0.2) is 0 Å². The fourth-order valence-corrected chi connectivity index (χ4v) is 3.16. The fourth-order valence-electron chi connectivity index (χ4n) is 2.30. The molecule has 24 heavy (non-hydrogen) atoms. The average molecular weight is 449 g/mol. The molecular formula is C18H14BrN2O2Se. The number of ether oxygens (including phenoxy) is 1. The Morgan fingerprint density at radius 2 is 1.83 bits per heavy atom. The van der Waals surface area contributed by atoms with Crippen LogP contribution in [0.4, 0.5) is 5.69 Å². The van der Waals surface area contributed by atoms with Gasteiger partial charge in [0.1, 0.15) is 0 Å². The molecule has 1 aliphatic heterocycles. The van der Waals surface area contributed by atoms with Crippen LogP contribution in [0.3, 0.4) is 0 Å². The molecule has 0 aromatic heterocycles. The Labute approximate surface area is 157 Å². The first-order chi connectivity index (χ1) is 11.6. The van der Waals surface area contributed by atoms with E-state index < -0.39 is 0 Å². The van der Waals surface area contributed by atoms with Gasteiger partial charge in [-0.3, -0.25) is 0 Å². The zero-order chi connectivity index (χ0) is 17.1. The molecule has 6 heteroatoms. The molecule has 0 saturated heterocycles. The van der Waals surface area contributed by atoms with E-state index in [4.69, 9.17) is 4.74 Å². The molecule has 0 bridgehead atoms. The summed E-state index contributed by atoms with van der Waals surface area (Å²) in [6.07, 6.45) is 1.77. The van der Waals surface area contributed by atoms with E-state index in [1.807, 2.05) is 55.5 Å². The first-order valence-electron chi connectivity index (χ1n) is 7.39. The van der Waals surface area contributed by atoms with Crippen molar-refractivity contribution < 1.29 is 9.53 Å². The number of amidine groups is 1. The van der Waals surface area contributed by atoms with Crippen LogP contribution in [-0.4, -0.2) is 33.3 Å². The van der Waals surface area contributed by atoms with Gasteiger partial charge in [0.25, 0.3) is 0 Å². The molecule has 2 aromatic carbocycles. The minimum absolute atomic E-state index is 0.153. The number of hydrogen-bond acceptors (Lipinski definition) is 3. The van der Waals surface area contributed by atoms with E-state index in [0.717, 1.165) is 21.5 Å². The Bertz CT molecular complexity index is 814. The summed E-state index contributed by atoms with van der Waals surface area (Å²) in [6.45, 7) is 2.57. The van der Waals surface area contributed by atoms with Crippen molar-refractivity contribution in [3.05, 3.63) is 64.3 Å². The molecule has 0 fully saturated rings. The Balaban J connectivity index is 1.85. The Morgan fingerprint density at radius 1 is 1.17 bits per heavy atom. The number of amides is 1. The van der Waals surface area contributed by atoms with E-state index in [1.165, 1.54) is 0 Å². The molecule has 2 aromatic rings. The van der Waals surface area contributed by atoms with Crippen LogP contribution < -0.4 is 9.64 Å². The Kier molecular flexibility index (Phi) is 5.19. The minimum atomic E-state index is -0.153. The van der Waals surface area contributed by atoms with Gasteiger partial charge in [-0.1, -0.05) is 0 Å². The zero-order valence-electron chi connectivity index (χ0n) is 12.9. The van der Waals surface area contributed by atoms with Crippen molar-refractivity contribution in [3.63, 3.8) is 0 Å². The van der Waals surface area contributed by atoms with E-state index in [2.05, 4.69) is 36.9 Å². The predicted molar refractivity (Wildman–Crippen MR) is 100 cm³/mol. The molecule has 1 radical (unpaired) electrons. The number of benzene rings is 2. The summed E-state index contributed by atoms with van der Waals surface area (Å²) in [4.78, 5) is 18.6. The molecule has 1 amide bonds. The standard InChI is InChI=1S/C18H14BrN2O2Se/c1-2-23-15-9-3-12(4-10-15)11-16-17(22)21(18(24)20-16)14-7-5-13(19)6-8-14/h3-11H,2H2,1H3/b16-11-. The summed E-state index contributed by atoms with van der Waals surface area (Å²) in [5, 5.41) is 0. The molecule has 0 N–H and O–H groups in total. The molecule has 121 valence electrons. The molecule has 1 heterocycles. The van der Waals surface area contributed by atoms with Gasteiger partial charge in [-0.2, -0.15) is 0 Å². The number of nitrogens with zero attached hydrogens (tertiary/aromatic N) is 2. The second kappa shape index (κ2) is 7.34. The number of aliphatic imine (C=N–C) groups is 1. The SMILES string of the molecule is CCOc1ccc(/C=C2\N=C([Se])N(c3ccc(Br)cc3)C2=O)cc1. The van der Waals surface area contributed by atoms with Crippen LogP contribution >= 0.6 is 15.9 Å². The third kappa shape index (κ3) is 3.61. The summed E-state index contributed by atoms with van der Waals surface area (Å²) in [7, 11) is 0. The zero-order valence-corrected chi connectivity index (χ0v) is 16.2. The second-order valence-electron chi connectivity index (χ2n) is 5.04. The average Bonchev–Trinajstić information content (AvgIpc) is 2.85. The summed E-state index contributed by atoms with van der Waals surface area (Å²) < 4.78 is 6.92. The maximum atomic E-state index is 12.7. The fraction of sp³-hybridized carbons (Fsp3) is 0.111. The van der Waals surface area contributed by atoms with Crippen molar-refractivity contribution in [2.75, 3.05) is 11.5 Å². The molecule has 0 saturated carbocycles. The predicted octanol–water partition coefficient (Wildman–Crippen LogP) is 3.76. The van der Waals surface area contributed by atoms with Gasteiger partial charge in [0.2, 0.25) is 0 Å². The van der Waals surface area contributed by atoms with E-state index >= 15 is 0 Å². The van der Waals surface area contributed by atoms with Crippen LogP contribution in [0.5, 0.6) is 5.75 Å². The molecule has 0 atom stereocenters. The van der Waals surface area contributed by atoms with Crippen LogP contribution in [-0.2, 0) is 4.79 Å². The van der Waals surface area contributed by atoms with Crippen molar-refractivity contribution >= 4 is 54.3 Å². The van der Waals surface area contributed by atoms with Crippen molar-refractivity contribution in [2.45, 2.75) is 6.92 Å². The molecule has 3 rings (SSSR count). The van der Waals surface area contributed by atoms with Crippen molar-refractivity contribution in [1.82, 2.24) is 0 Å². The Hall–Kier alpha value is -1.88. The van der Waals surface area contributed by atoms with Gasteiger partial charge in [0.15, 0.2) is 0 Å². The van der Waals surface area contributed by atoms with Crippen LogP contribution in [0, 0.1) is 0 Å². The van der Waals surface area contributed by atoms with Crippen LogP contribution in [0.2, 0.25) is 0 Å². The summed E-state index contributed by atoms with van der Waals surface area (Å²) in [5.41, 5.74) is 2.07. The monoisotopic (exact) mass is 449 g/mol. The van der Waals surface area contributed by atoms with E-state index in [-0.39, 0.29) is 5.91 Å². The Morgan fingerprint density at radius 3 is 2.46 bits per heavy atom. The maximum absolute atomic E-state index is 12.7. The van der Waals surface area contributed by atoms with Gasteiger partial charge < -0.3 is 0 Å². The topological polar surface area (TPSA) is 41.9 Å². The number of hydrogen-bond donors (Lipinski definition) is 0. The molecule has 1 aliphatic rings. The first kappa shape index (κ1) is 17.0. The summed E-state index contributed by atoms with van der Waals surface area (Å²) in [5.74, 6) is 0.654. The quantitative estimate of drug-likeness (QED) is 0.527. The summed E-state index contributed by atoms with van der Waals surface area (Å²) >= 11 is 6.25. The molecule has 4 nitrogen and oxygen atoms in total. The third-order valence-electron chi connectivity index (χ3n) is 3.41. The molecule has 0 aliphatic carbocycles. The van der Waals surface area contributed by atoms with Gasteiger partial charge in [0.05, 0.1) is 0 Å². The molecule has 0 unspecified atom stereocenters. The van der Waals surface area contributed by atoms with Crippen molar-refractivity contribution in [2.24, 2.45) is 4.99 Å². The number of anilines is 1. The number of carbonyl (C=O) groups excluding carboxylic acids is 1. The molecule has 0 spiro atoms. The van der Waals surface area contributed by atoms with E-state index in [0.29, 0.717) is 17.0 Å². The van der Waals surface area contributed by atoms with Gasteiger partial charge in [-0.05, 0) is 0 Å².